The predicted octanol–water partition coefficient (Wildman–Crippen LogP) is 6.62. The van der Waals surface area contributed by atoms with Crippen LogP contribution in [0.1, 0.15) is 41.3 Å². The van der Waals surface area contributed by atoms with Crippen LogP contribution in [0.4, 0.5) is 24.5 Å². The first-order chi connectivity index (χ1) is 20.0. The van der Waals surface area contributed by atoms with Gasteiger partial charge in [0.15, 0.2) is 0 Å². The summed E-state index contributed by atoms with van der Waals surface area (Å²) < 4.78 is 43.3. The second-order valence-corrected chi connectivity index (χ2v) is 10.2. The summed E-state index contributed by atoms with van der Waals surface area (Å²) in [4.78, 5) is 33.8. The number of benzene rings is 3. The standard InChI is InChI=1S/C31H30F3N5O2S/c1-4-39-28(36-23-14-7-6-8-15-23)25(19(3)35)26(20-11-10-16-24(18-20)38-42-5-2)27(30(39)41)37-29(40)21-12-9-13-22(17-21)31(32,33)34/h5-18,26-27,38H,2,4,35H2,1,3H3,(H,37,40)/b25-19-,36-28?. The van der Waals surface area contributed by atoms with Gasteiger partial charge in [-0.05, 0) is 79.2 Å². The number of hydrogen-bond acceptors (Lipinski definition) is 6. The van der Waals surface area contributed by atoms with Crippen molar-refractivity contribution in [2.45, 2.75) is 32.0 Å². The lowest BCUT2D eigenvalue weighted by atomic mass is 9.78. The number of nitrogens with zero attached hydrogens (tertiary/aromatic N) is 2. The number of amidine groups is 1. The second kappa shape index (κ2) is 13.0. The third-order valence-electron chi connectivity index (χ3n) is 6.65. The molecule has 0 aromatic heterocycles. The average Bonchev–Trinajstić information content (AvgIpc) is 2.97. The lowest BCUT2D eigenvalue weighted by Crippen LogP contribution is -2.59. The predicted molar refractivity (Wildman–Crippen MR) is 161 cm³/mol. The number of amides is 2. The van der Waals surface area contributed by atoms with Crippen molar-refractivity contribution in [1.82, 2.24) is 10.2 Å². The number of hydrogen-bond donors (Lipinski definition) is 3. The van der Waals surface area contributed by atoms with E-state index in [1.54, 1.807) is 43.5 Å². The van der Waals surface area contributed by atoms with Gasteiger partial charge in [0.25, 0.3) is 11.8 Å². The lowest BCUT2D eigenvalue weighted by Gasteiger charge is -2.41. The number of anilines is 1. The van der Waals surface area contributed by atoms with Crippen LogP contribution in [0.15, 0.2) is 107 Å². The highest BCUT2D eigenvalue weighted by atomic mass is 32.2. The van der Waals surface area contributed by atoms with Gasteiger partial charge in [0, 0.05) is 35.0 Å². The summed E-state index contributed by atoms with van der Waals surface area (Å²) in [7, 11) is 0. The molecule has 11 heteroatoms. The Bertz CT molecular complexity index is 1530. The number of para-hydroxylation sites is 1. The first-order valence-electron chi connectivity index (χ1n) is 13.1. The third kappa shape index (κ3) is 6.68. The minimum absolute atomic E-state index is 0.210. The van der Waals surface area contributed by atoms with E-state index in [4.69, 9.17) is 10.7 Å². The first-order valence-corrected chi connectivity index (χ1v) is 14.0. The molecule has 0 radical (unpaired) electrons. The van der Waals surface area contributed by atoms with E-state index in [0.717, 1.165) is 18.2 Å². The number of allylic oxidation sites excluding steroid dienone is 1. The fourth-order valence-electron chi connectivity index (χ4n) is 4.81. The van der Waals surface area contributed by atoms with Crippen molar-refractivity contribution in [3.63, 3.8) is 0 Å². The smallest absolute Gasteiger partial charge is 0.402 e. The molecule has 1 aliphatic heterocycles. The molecule has 0 saturated carbocycles. The van der Waals surface area contributed by atoms with Crippen molar-refractivity contribution >= 4 is 41.0 Å². The maximum Gasteiger partial charge on any atom is 0.416 e. The number of carbonyl (C=O) groups is 2. The largest absolute Gasteiger partial charge is 0.416 e. The van der Waals surface area contributed by atoms with Crippen molar-refractivity contribution in [1.29, 1.82) is 0 Å². The number of nitrogens with two attached hydrogens (primary N) is 1. The molecular formula is C31H30F3N5O2S. The highest BCUT2D eigenvalue weighted by molar-refractivity contribution is 8.03. The number of likely N-dealkylation sites (N-methyl/N-ethyl adjacent to an activating group) is 1. The van der Waals surface area contributed by atoms with Crippen molar-refractivity contribution < 1.29 is 22.8 Å². The maximum atomic E-state index is 14.1. The summed E-state index contributed by atoms with van der Waals surface area (Å²) in [6.07, 6.45) is -4.63. The molecule has 3 aromatic rings. The normalized spacial score (nSPS) is 19.4. The van der Waals surface area contributed by atoms with Gasteiger partial charge in [-0.15, -0.1) is 0 Å². The van der Waals surface area contributed by atoms with E-state index in [0.29, 0.717) is 34.0 Å². The van der Waals surface area contributed by atoms with Crippen LogP contribution in [-0.4, -0.2) is 35.1 Å². The number of halogens is 3. The Kier molecular flexibility index (Phi) is 9.41. The van der Waals surface area contributed by atoms with Crippen LogP contribution in [0.5, 0.6) is 0 Å². The molecule has 42 heavy (non-hydrogen) atoms. The number of alkyl halides is 3. The van der Waals surface area contributed by atoms with Gasteiger partial charge in [0.2, 0.25) is 0 Å². The van der Waals surface area contributed by atoms with E-state index in [2.05, 4.69) is 16.6 Å². The quantitative estimate of drug-likeness (QED) is 0.255. The topological polar surface area (TPSA) is 99.8 Å². The molecule has 1 fully saturated rings. The van der Waals surface area contributed by atoms with Crippen molar-refractivity contribution in [3.8, 4) is 0 Å². The van der Waals surface area contributed by atoms with Crippen LogP contribution < -0.4 is 15.8 Å². The van der Waals surface area contributed by atoms with Gasteiger partial charge in [-0.2, -0.15) is 13.2 Å². The first kappa shape index (κ1) is 30.4. The number of nitrogens with one attached hydrogen (secondary N) is 2. The van der Waals surface area contributed by atoms with Gasteiger partial charge < -0.3 is 15.8 Å². The zero-order chi connectivity index (χ0) is 30.4. The second-order valence-electron chi connectivity index (χ2n) is 9.47. The Hall–Kier alpha value is -4.51. The van der Waals surface area contributed by atoms with Crippen molar-refractivity contribution in [2.75, 3.05) is 11.3 Å². The van der Waals surface area contributed by atoms with Crippen LogP contribution in [0.2, 0.25) is 0 Å². The van der Waals surface area contributed by atoms with E-state index in [9.17, 15) is 22.8 Å². The third-order valence-corrected chi connectivity index (χ3v) is 7.17. The monoisotopic (exact) mass is 593 g/mol. The van der Waals surface area contributed by atoms with E-state index in [-0.39, 0.29) is 12.1 Å². The molecular weight excluding hydrogens is 563 g/mol. The summed E-state index contributed by atoms with van der Waals surface area (Å²) >= 11 is 1.26. The van der Waals surface area contributed by atoms with Gasteiger partial charge >= 0.3 is 6.18 Å². The highest BCUT2D eigenvalue weighted by Gasteiger charge is 2.45. The van der Waals surface area contributed by atoms with E-state index in [1.165, 1.54) is 22.9 Å². The highest BCUT2D eigenvalue weighted by Crippen LogP contribution is 2.39. The minimum Gasteiger partial charge on any atom is -0.402 e. The Morgan fingerprint density at radius 3 is 2.45 bits per heavy atom. The van der Waals surface area contributed by atoms with E-state index in [1.807, 2.05) is 30.3 Å². The molecule has 2 amide bonds. The van der Waals surface area contributed by atoms with Crippen LogP contribution in [0.25, 0.3) is 0 Å². The summed E-state index contributed by atoms with van der Waals surface area (Å²) in [5, 5.41) is 4.34. The fourth-order valence-corrected chi connectivity index (χ4v) is 5.16. The average molecular weight is 594 g/mol. The molecule has 0 spiro atoms. The molecule has 2 atom stereocenters. The van der Waals surface area contributed by atoms with Gasteiger partial charge in [-0.3, -0.25) is 14.5 Å². The van der Waals surface area contributed by atoms with Crippen LogP contribution in [0.3, 0.4) is 0 Å². The molecule has 1 heterocycles. The maximum absolute atomic E-state index is 14.1. The molecule has 4 N–H and O–H groups in total. The Balaban J connectivity index is 1.87. The van der Waals surface area contributed by atoms with Crippen LogP contribution in [-0.2, 0) is 11.0 Å². The molecule has 0 bridgehead atoms. The Morgan fingerprint density at radius 2 is 1.81 bits per heavy atom. The Morgan fingerprint density at radius 1 is 1.10 bits per heavy atom. The minimum atomic E-state index is -4.63. The number of piperidine rings is 1. The molecule has 2 unspecified atom stereocenters. The van der Waals surface area contributed by atoms with Gasteiger partial charge in [0.1, 0.15) is 11.9 Å². The number of rotatable bonds is 8. The number of carbonyl (C=O) groups excluding carboxylic acids is 2. The van der Waals surface area contributed by atoms with E-state index >= 15 is 0 Å². The number of likely N-dealkylation sites (tertiary alicyclic amines) is 1. The molecule has 1 aliphatic rings. The summed E-state index contributed by atoms with van der Waals surface area (Å²) in [5.41, 5.74) is 8.13. The molecule has 0 aliphatic carbocycles. The van der Waals surface area contributed by atoms with E-state index < -0.39 is 35.5 Å². The van der Waals surface area contributed by atoms with Crippen molar-refractivity contribution in [3.05, 3.63) is 119 Å². The molecule has 7 nitrogen and oxygen atoms in total. The zero-order valence-corrected chi connectivity index (χ0v) is 23.8. The number of aliphatic imine (C=N–C) groups is 1. The molecule has 4 rings (SSSR count). The van der Waals surface area contributed by atoms with Gasteiger partial charge in [0.05, 0.1) is 11.3 Å². The fraction of sp³-hybridized carbons (Fsp3) is 0.194. The summed E-state index contributed by atoms with van der Waals surface area (Å²) in [6, 6.07) is 19.2. The summed E-state index contributed by atoms with van der Waals surface area (Å²) in [5.74, 6) is -1.77. The molecule has 218 valence electrons. The van der Waals surface area contributed by atoms with Gasteiger partial charge in [-0.1, -0.05) is 43.0 Å². The molecule has 3 aromatic carbocycles. The van der Waals surface area contributed by atoms with Crippen LogP contribution >= 0.6 is 11.9 Å². The SMILES string of the molecule is C=CSNc1cccc(C2/C(=C(\C)N)C(=Nc3ccccc3)N(CC)C(=O)C2NC(=O)c2cccc(C(F)(F)F)c2)c1. The summed E-state index contributed by atoms with van der Waals surface area (Å²) in [6.45, 7) is 7.36. The lowest BCUT2D eigenvalue weighted by molar-refractivity contribution is -0.137. The van der Waals surface area contributed by atoms with Gasteiger partial charge in [-0.25, -0.2) is 4.99 Å². The van der Waals surface area contributed by atoms with Crippen LogP contribution in [0, 0.1) is 0 Å². The van der Waals surface area contributed by atoms with Crippen molar-refractivity contribution in [2.24, 2.45) is 10.7 Å². The zero-order valence-electron chi connectivity index (χ0n) is 23.0. The Labute approximate surface area is 246 Å². The molecule has 1 saturated heterocycles.